The summed E-state index contributed by atoms with van der Waals surface area (Å²) in [7, 11) is 0. The Morgan fingerprint density at radius 3 is 2.15 bits per heavy atom. The van der Waals surface area contributed by atoms with E-state index < -0.39 is 47.9 Å². The second-order valence-corrected chi connectivity index (χ2v) is 10.5. The third-order valence-corrected chi connectivity index (χ3v) is 6.97. The topological polar surface area (TPSA) is 235 Å². The molecule has 1 rings (SSSR count). The number of carbonyl (C=O) groups excluding carboxylic acids is 3. The van der Waals surface area contributed by atoms with Gasteiger partial charge in [-0.25, -0.2) is 4.79 Å². The van der Waals surface area contributed by atoms with Crippen LogP contribution >= 0.6 is 11.8 Å². The van der Waals surface area contributed by atoms with Crippen LogP contribution in [0.1, 0.15) is 45.1 Å². The fraction of sp³-hybridized carbons (Fsp3) is 0.577. The number of nitrogens with zero attached hydrogens (tertiary/aromatic N) is 1. The molecule has 0 aliphatic carbocycles. The van der Waals surface area contributed by atoms with Crippen LogP contribution in [-0.4, -0.2) is 82.6 Å². The highest BCUT2D eigenvalue weighted by Gasteiger charge is 2.32. The summed E-state index contributed by atoms with van der Waals surface area (Å²) in [6.45, 7) is 3.87. The summed E-state index contributed by atoms with van der Waals surface area (Å²) < 4.78 is 0. The molecule has 5 atom stereocenters. The van der Waals surface area contributed by atoms with E-state index in [0.29, 0.717) is 18.6 Å². The van der Waals surface area contributed by atoms with E-state index in [0.717, 1.165) is 5.56 Å². The van der Waals surface area contributed by atoms with Crippen LogP contribution in [-0.2, 0) is 25.6 Å². The van der Waals surface area contributed by atoms with Gasteiger partial charge in [-0.15, -0.1) is 0 Å². The molecule has 0 aliphatic heterocycles. The molecule has 0 aliphatic rings. The van der Waals surface area contributed by atoms with Gasteiger partial charge in [-0.05, 0) is 61.3 Å². The number of aliphatic carboxylic acids is 1. The van der Waals surface area contributed by atoms with Crippen molar-refractivity contribution in [3.05, 3.63) is 29.8 Å². The molecule has 0 radical (unpaired) electrons. The van der Waals surface area contributed by atoms with E-state index in [1.165, 1.54) is 23.9 Å². The standard InChI is InChI=1S/C26H43N7O6S/c1-4-15(2)21(33-22(35)18(27)14-16-7-9-17(34)10-8-16)24(37)31-19(11-13-40-3)23(36)32-20(25(38)39)6-5-12-30-26(28)29/h7-10,15,18-21,34H,4-6,11-14,27H2,1-3H3,(H,31,37)(H,32,36)(H,33,35)(H,38,39)(H4,28,29,30). The van der Waals surface area contributed by atoms with Crippen LogP contribution in [0.2, 0.25) is 0 Å². The van der Waals surface area contributed by atoms with Crippen LogP contribution in [0.3, 0.4) is 0 Å². The van der Waals surface area contributed by atoms with Crippen LogP contribution in [0.15, 0.2) is 29.3 Å². The molecule has 14 heteroatoms. The van der Waals surface area contributed by atoms with Crippen molar-refractivity contribution in [2.75, 3.05) is 18.6 Å². The lowest BCUT2D eigenvalue weighted by atomic mass is 9.96. The number of amides is 3. The summed E-state index contributed by atoms with van der Waals surface area (Å²) in [5, 5.41) is 26.9. The van der Waals surface area contributed by atoms with Gasteiger partial charge in [0.2, 0.25) is 17.7 Å². The smallest absolute Gasteiger partial charge is 0.326 e. The highest BCUT2D eigenvalue weighted by Crippen LogP contribution is 2.13. The number of phenols is 1. The summed E-state index contributed by atoms with van der Waals surface area (Å²) in [6.07, 6.45) is 3.26. The lowest BCUT2D eigenvalue weighted by molar-refractivity contribution is -0.142. The minimum atomic E-state index is -1.22. The molecule has 13 nitrogen and oxygen atoms in total. The number of phenolic OH excluding ortho intramolecular Hbond substituents is 1. The number of benzene rings is 1. The third kappa shape index (κ3) is 12.6. The van der Waals surface area contributed by atoms with Crippen LogP contribution in [0.5, 0.6) is 5.75 Å². The van der Waals surface area contributed by atoms with Crippen LogP contribution in [0, 0.1) is 5.92 Å². The zero-order chi connectivity index (χ0) is 30.2. The van der Waals surface area contributed by atoms with E-state index in [9.17, 15) is 29.4 Å². The number of aliphatic imine (C=N–C) groups is 1. The summed E-state index contributed by atoms with van der Waals surface area (Å²) in [6, 6.07) is 2.16. The molecule has 0 heterocycles. The summed E-state index contributed by atoms with van der Waals surface area (Å²) in [5.74, 6) is -2.74. The minimum absolute atomic E-state index is 0.0888. The Balaban J connectivity index is 2.94. The highest BCUT2D eigenvalue weighted by atomic mass is 32.2. The van der Waals surface area contributed by atoms with E-state index in [1.807, 2.05) is 13.2 Å². The van der Waals surface area contributed by atoms with E-state index >= 15 is 0 Å². The number of thioether (sulfide) groups is 1. The quantitative estimate of drug-likeness (QED) is 0.0637. The van der Waals surface area contributed by atoms with Crippen molar-refractivity contribution < 1.29 is 29.4 Å². The third-order valence-electron chi connectivity index (χ3n) is 6.33. The molecule has 0 bridgehead atoms. The Kier molecular flexibility index (Phi) is 15.5. The molecule has 0 fully saturated rings. The Hall–Kier alpha value is -3.52. The maximum Gasteiger partial charge on any atom is 0.326 e. The normalized spacial score (nSPS) is 14.6. The molecule has 40 heavy (non-hydrogen) atoms. The largest absolute Gasteiger partial charge is 0.508 e. The summed E-state index contributed by atoms with van der Waals surface area (Å²) in [5.41, 5.74) is 17.4. The van der Waals surface area contributed by atoms with Crippen LogP contribution < -0.4 is 33.2 Å². The van der Waals surface area contributed by atoms with Crippen LogP contribution in [0.25, 0.3) is 0 Å². The molecule has 0 saturated carbocycles. The average molecular weight is 582 g/mol. The molecule has 0 spiro atoms. The van der Waals surface area contributed by atoms with Gasteiger partial charge in [0.05, 0.1) is 6.04 Å². The first-order chi connectivity index (χ1) is 18.9. The zero-order valence-electron chi connectivity index (χ0n) is 23.3. The van der Waals surface area contributed by atoms with Gasteiger partial charge >= 0.3 is 5.97 Å². The predicted octanol–water partition coefficient (Wildman–Crippen LogP) is -0.346. The minimum Gasteiger partial charge on any atom is -0.508 e. The lowest BCUT2D eigenvalue weighted by Crippen LogP contribution is -2.58. The zero-order valence-corrected chi connectivity index (χ0v) is 24.1. The number of carboxylic acid groups (broad SMARTS) is 1. The number of aromatic hydroxyl groups is 1. The Labute approximate surface area is 239 Å². The number of rotatable bonds is 18. The van der Waals surface area contributed by atoms with Gasteiger partial charge in [0.15, 0.2) is 5.96 Å². The van der Waals surface area contributed by atoms with E-state index in [4.69, 9.17) is 17.2 Å². The Morgan fingerprint density at radius 2 is 1.60 bits per heavy atom. The molecule has 224 valence electrons. The average Bonchev–Trinajstić information content (AvgIpc) is 2.91. The second-order valence-electron chi connectivity index (χ2n) is 9.54. The predicted molar refractivity (Wildman–Crippen MR) is 156 cm³/mol. The maximum absolute atomic E-state index is 13.3. The first-order valence-electron chi connectivity index (χ1n) is 13.1. The maximum atomic E-state index is 13.3. The van der Waals surface area contributed by atoms with E-state index in [1.54, 1.807) is 19.1 Å². The number of carbonyl (C=O) groups is 4. The van der Waals surface area contributed by atoms with Crippen molar-refractivity contribution >= 4 is 41.4 Å². The molecule has 1 aromatic carbocycles. The van der Waals surface area contributed by atoms with Crippen molar-refractivity contribution in [3.8, 4) is 5.75 Å². The second kappa shape index (κ2) is 17.9. The van der Waals surface area contributed by atoms with Gasteiger partial charge < -0.3 is 43.4 Å². The summed E-state index contributed by atoms with van der Waals surface area (Å²) in [4.78, 5) is 54.8. The van der Waals surface area contributed by atoms with Gasteiger partial charge in [-0.1, -0.05) is 32.4 Å². The molecular weight excluding hydrogens is 538 g/mol. The molecule has 3 amide bonds. The molecule has 0 saturated heterocycles. The Morgan fingerprint density at radius 1 is 0.975 bits per heavy atom. The van der Waals surface area contributed by atoms with E-state index in [-0.39, 0.29) is 43.4 Å². The summed E-state index contributed by atoms with van der Waals surface area (Å²) >= 11 is 1.47. The number of carboxylic acids is 1. The SMILES string of the molecule is CCC(C)C(NC(=O)C(N)Cc1ccc(O)cc1)C(=O)NC(CCSC)C(=O)NC(CCCN=C(N)N)C(=O)O. The van der Waals surface area contributed by atoms with Crippen molar-refractivity contribution in [2.45, 2.75) is 70.1 Å². The van der Waals surface area contributed by atoms with Gasteiger partial charge in [-0.3, -0.25) is 19.4 Å². The number of hydrogen-bond donors (Lipinski definition) is 8. The van der Waals surface area contributed by atoms with Crippen molar-refractivity contribution in [3.63, 3.8) is 0 Å². The van der Waals surface area contributed by atoms with Gasteiger partial charge in [0.25, 0.3) is 0 Å². The number of nitrogens with one attached hydrogen (secondary N) is 3. The fourth-order valence-corrected chi connectivity index (χ4v) is 4.21. The fourth-order valence-electron chi connectivity index (χ4n) is 3.74. The monoisotopic (exact) mass is 581 g/mol. The van der Waals surface area contributed by atoms with Gasteiger partial charge in [0.1, 0.15) is 23.9 Å². The van der Waals surface area contributed by atoms with Crippen molar-refractivity contribution in [1.29, 1.82) is 0 Å². The highest BCUT2D eigenvalue weighted by molar-refractivity contribution is 7.98. The number of hydrogen-bond acceptors (Lipinski definition) is 8. The van der Waals surface area contributed by atoms with Gasteiger partial charge in [-0.2, -0.15) is 11.8 Å². The van der Waals surface area contributed by atoms with Gasteiger partial charge in [0, 0.05) is 6.54 Å². The van der Waals surface area contributed by atoms with E-state index in [2.05, 4.69) is 20.9 Å². The van der Waals surface area contributed by atoms with Crippen molar-refractivity contribution in [1.82, 2.24) is 16.0 Å². The molecular formula is C26H43N7O6S. The molecule has 1 aromatic rings. The molecule has 11 N–H and O–H groups in total. The Bertz CT molecular complexity index is 1000. The molecule has 5 unspecified atom stereocenters. The first-order valence-corrected chi connectivity index (χ1v) is 14.5. The first kappa shape index (κ1) is 34.5. The van der Waals surface area contributed by atoms with Crippen molar-refractivity contribution in [2.24, 2.45) is 28.1 Å². The number of guanidine groups is 1. The van der Waals surface area contributed by atoms with Crippen LogP contribution in [0.4, 0.5) is 0 Å². The molecule has 0 aromatic heterocycles. The number of nitrogens with two attached hydrogens (primary N) is 3. The lowest BCUT2D eigenvalue weighted by Gasteiger charge is -2.28.